The lowest BCUT2D eigenvalue weighted by molar-refractivity contribution is -0.117. The molecule has 9 heteroatoms. The van der Waals surface area contributed by atoms with E-state index < -0.39 is 5.91 Å². The number of rotatable bonds is 9. The molecule has 0 spiro atoms. The predicted molar refractivity (Wildman–Crippen MR) is 123 cm³/mol. The lowest BCUT2D eigenvalue weighted by Gasteiger charge is -2.13. The summed E-state index contributed by atoms with van der Waals surface area (Å²) in [5, 5.41) is 13.3. The van der Waals surface area contributed by atoms with Crippen LogP contribution in [0.2, 0.25) is 15.1 Å². The first-order valence-electron chi connectivity index (χ1n) is 9.39. The highest BCUT2D eigenvalue weighted by Crippen LogP contribution is 2.34. The van der Waals surface area contributed by atoms with Gasteiger partial charge in [0.1, 0.15) is 42.1 Å². The predicted octanol–water partition coefficient (Wildman–Crippen LogP) is 5.92. The molecule has 0 saturated carbocycles. The SMILES string of the molecule is N#CC(=Cc1cc(Cl)cc(Cl)c1OCCOc1ccc(Cl)cc1)C(=O)NCc1ccco1. The maximum atomic E-state index is 12.4. The van der Waals surface area contributed by atoms with Crippen molar-refractivity contribution in [2.75, 3.05) is 13.2 Å². The van der Waals surface area contributed by atoms with E-state index in [0.29, 0.717) is 27.1 Å². The molecule has 3 aromatic rings. The maximum absolute atomic E-state index is 12.4. The van der Waals surface area contributed by atoms with Gasteiger partial charge in [-0.15, -0.1) is 0 Å². The Hall–Kier alpha value is -3.11. The third kappa shape index (κ3) is 6.69. The third-order valence-electron chi connectivity index (χ3n) is 4.12. The van der Waals surface area contributed by atoms with Gasteiger partial charge in [0, 0.05) is 15.6 Å². The van der Waals surface area contributed by atoms with Gasteiger partial charge < -0.3 is 19.2 Å². The molecule has 0 radical (unpaired) electrons. The third-order valence-corrected chi connectivity index (χ3v) is 4.87. The van der Waals surface area contributed by atoms with E-state index in [1.54, 1.807) is 42.5 Å². The number of ether oxygens (including phenoxy) is 2. The van der Waals surface area contributed by atoms with E-state index in [0.717, 1.165) is 0 Å². The number of hydrogen-bond donors (Lipinski definition) is 1. The Morgan fingerprint density at radius 3 is 2.50 bits per heavy atom. The van der Waals surface area contributed by atoms with Crippen LogP contribution in [0.5, 0.6) is 11.5 Å². The van der Waals surface area contributed by atoms with Crippen LogP contribution in [0.4, 0.5) is 0 Å². The molecule has 6 nitrogen and oxygen atoms in total. The Bertz CT molecular complexity index is 1140. The number of benzene rings is 2. The second-order valence-electron chi connectivity index (χ2n) is 6.39. The molecule has 0 saturated heterocycles. The standard InChI is InChI=1S/C23H17Cl3N2O4/c24-17-3-5-19(6-4-17)31-8-9-32-22-15(11-18(25)12-21(22)26)10-16(13-27)23(29)28-14-20-2-1-7-30-20/h1-7,10-12H,8-9,14H2,(H,28,29). The highest BCUT2D eigenvalue weighted by molar-refractivity contribution is 6.36. The minimum Gasteiger partial charge on any atom is -0.490 e. The van der Waals surface area contributed by atoms with Gasteiger partial charge in [-0.3, -0.25) is 4.79 Å². The summed E-state index contributed by atoms with van der Waals surface area (Å²) in [4.78, 5) is 12.4. The summed E-state index contributed by atoms with van der Waals surface area (Å²) in [5.74, 6) is 0.908. The topological polar surface area (TPSA) is 84.5 Å². The number of carbonyl (C=O) groups is 1. The van der Waals surface area contributed by atoms with Crippen LogP contribution in [0.1, 0.15) is 11.3 Å². The average Bonchev–Trinajstić information content (AvgIpc) is 3.29. The van der Waals surface area contributed by atoms with Gasteiger partial charge in [-0.05, 0) is 54.6 Å². The maximum Gasteiger partial charge on any atom is 0.262 e. The fraction of sp³-hybridized carbons (Fsp3) is 0.130. The number of carbonyl (C=O) groups excluding carboxylic acids is 1. The molecule has 0 aliphatic heterocycles. The molecular formula is C23H17Cl3N2O4. The molecule has 0 unspecified atom stereocenters. The Labute approximate surface area is 199 Å². The lowest BCUT2D eigenvalue weighted by atomic mass is 10.1. The number of nitriles is 1. The minimum atomic E-state index is -0.572. The van der Waals surface area contributed by atoms with Crippen molar-refractivity contribution in [2.24, 2.45) is 0 Å². The number of nitrogens with zero attached hydrogens (tertiary/aromatic N) is 1. The van der Waals surface area contributed by atoms with Crippen LogP contribution in [0, 0.1) is 11.3 Å². The van der Waals surface area contributed by atoms with Crippen LogP contribution in [0.15, 0.2) is 64.8 Å². The molecule has 1 aromatic heterocycles. The first kappa shape index (κ1) is 23.6. The zero-order chi connectivity index (χ0) is 22.9. The summed E-state index contributed by atoms with van der Waals surface area (Å²) in [5.41, 5.74) is 0.246. The van der Waals surface area contributed by atoms with E-state index in [-0.39, 0.29) is 36.1 Å². The van der Waals surface area contributed by atoms with E-state index >= 15 is 0 Å². The molecular weight excluding hydrogens is 475 g/mol. The molecule has 1 amide bonds. The van der Waals surface area contributed by atoms with E-state index in [1.807, 2.05) is 6.07 Å². The fourth-order valence-corrected chi connectivity index (χ4v) is 3.34. The van der Waals surface area contributed by atoms with Crippen molar-refractivity contribution in [3.63, 3.8) is 0 Å². The van der Waals surface area contributed by atoms with Crippen LogP contribution < -0.4 is 14.8 Å². The van der Waals surface area contributed by atoms with Gasteiger partial charge in [0.2, 0.25) is 0 Å². The van der Waals surface area contributed by atoms with Crippen molar-refractivity contribution >= 4 is 46.8 Å². The van der Waals surface area contributed by atoms with Gasteiger partial charge in [-0.25, -0.2) is 0 Å². The Balaban J connectivity index is 1.69. The Kier molecular flexibility index (Phi) is 8.46. The quantitative estimate of drug-likeness (QED) is 0.228. The van der Waals surface area contributed by atoms with Gasteiger partial charge in [0.25, 0.3) is 5.91 Å². The zero-order valence-electron chi connectivity index (χ0n) is 16.6. The lowest BCUT2D eigenvalue weighted by Crippen LogP contribution is -2.23. The molecule has 0 bridgehead atoms. The largest absolute Gasteiger partial charge is 0.490 e. The van der Waals surface area contributed by atoms with Gasteiger partial charge in [-0.1, -0.05) is 34.8 Å². The van der Waals surface area contributed by atoms with Crippen LogP contribution in [0.25, 0.3) is 6.08 Å². The van der Waals surface area contributed by atoms with Gasteiger partial charge in [-0.2, -0.15) is 5.26 Å². The van der Waals surface area contributed by atoms with Crippen LogP contribution >= 0.6 is 34.8 Å². The molecule has 164 valence electrons. The summed E-state index contributed by atoms with van der Waals surface area (Å²) < 4.78 is 16.5. The molecule has 2 aromatic carbocycles. The number of hydrogen-bond acceptors (Lipinski definition) is 5. The fourth-order valence-electron chi connectivity index (χ4n) is 2.65. The first-order valence-corrected chi connectivity index (χ1v) is 10.5. The Morgan fingerprint density at radius 2 is 1.81 bits per heavy atom. The van der Waals surface area contributed by atoms with Crippen molar-refractivity contribution in [1.29, 1.82) is 5.26 Å². The van der Waals surface area contributed by atoms with E-state index in [1.165, 1.54) is 18.4 Å². The molecule has 0 aliphatic rings. The van der Waals surface area contributed by atoms with Crippen molar-refractivity contribution in [2.45, 2.75) is 6.54 Å². The van der Waals surface area contributed by atoms with E-state index in [9.17, 15) is 10.1 Å². The molecule has 3 rings (SSSR count). The van der Waals surface area contributed by atoms with Gasteiger partial charge >= 0.3 is 0 Å². The minimum absolute atomic E-state index is 0.142. The normalized spacial score (nSPS) is 11.0. The number of amides is 1. The van der Waals surface area contributed by atoms with Gasteiger partial charge in [0.15, 0.2) is 0 Å². The Morgan fingerprint density at radius 1 is 1.06 bits per heavy atom. The summed E-state index contributed by atoms with van der Waals surface area (Å²) in [6, 6.07) is 15.3. The summed E-state index contributed by atoms with van der Waals surface area (Å²) in [6.07, 6.45) is 2.86. The van der Waals surface area contributed by atoms with Crippen molar-refractivity contribution in [1.82, 2.24) is 5.32 Å². The van der Waals surface area contributed by atoms with E-state index in [2.05, 4.69) is 5.32 Å². The summed E-state index contributed by atoms with van der Waals surface area (Å²) >= 11 is 18.3. The summed E-state index contributed by atoms with van der Waals surface area (Å²) in [6.45, 7) is 0.544. The summed E-state index contributed by atoms with van der Waals surface area (Å²) in [7, 11) is 0. The van der Waals surface area contributed by atoms with Crippen LogP contribution in [0.3, 0.4) is 0 Å². The molecule has 1 heterocycles. The second kappa shape index (κ2) is 11.5. The average molecular weight is 492 g/mol. The number of furan rings is 1. The highest BCUT2D eigenvalue weighted by atomic mass is 35.5. The zero-order valence-corrected chi connectivity index (χ0v) is 18.9. The first-order chi connectivity index (χ1) is 15.5. The van der Waals surface area contributed by atoms with Crippen LogP contribution in [-0.2, 0) is 11.3 Å². The number of halogens is 3. The molecule has 0 atom stereocenters. The van der Waals surface area contributed by atoms with Crippen LogP contribution in [-0.4, -0.2) is 19.1 Å². The van der Waals surface area contributed by atoms with E-state index in [4.69, 9.17) is 48.7 Å². The molecule has 0 aliphatic carbocycles. The van der Waals surface area contributed by atoms with Crippen molar-refractivity contribution in [3.8, 4) is 17.6 Å². The molecule has 0 fully saturated rings. The highest BCUT2D eigenvalue weighted by Gasteiger charge is 2.14. The van der Waals surface area contributed by atoms with Crippen molar-refractivity contribution < 1.29 is 18.7 Å². The molecule has 32 heavy (non-hydrogen) atoms. The molecule has 1 N–H and O–H groups in total. The van der Waals surface area contributed by atoms with Gasteiger partial charge in [0.05, 0.1) is 17.8 Å². The number of nitrogens with one attached hydrogen (secondary N) is 1. The monoisotopic (exact) mass is 490 g/mol. The smallest absolute Gasteiger partial charge is 0.262 e. The van der Waals surface area contributed by atoms with Crippen molar-refractivity contribution in [3.05, 3.63) is 86.8 Å². The second-order valence-corrected chi connectivity index (χ2v) is 7.67.